The van der Waals surface area contributed by atoms with Gasteiger partial charge in [-0.3, -0.25) is 10.1 Å². The molecule has 3 atom stereocenters. The molecule has 186 valence electrons. The zero-order chi connectivity index (χ0) is 24.5. The second-order valence-corrected chi connectivity index (χ2v) is 11.1. The predicted molar refractivity (Wildman–Crippen MR) is 123 cm³/mol. The first-order chi connectivity index (χ1) is 16.2. The minimum absolute atomic E-state index is 0.0879. The van der Waals surface area contributed by atoms with E-state index in [0.29, 0.717) is 37.2 Å². The van der Waals surface area contributed by atoms with Crippen LogP contribution in [0.5, 0.6) is 0 Å². The molecule has 0 spiro atoms. The highest BCUT2D eigenvalue weighted by Gasteiger charge is 2.53. The Morgan fingerprint density at radius 1 is 1.06 bits per heavy atom. The Hall–Kier alpha value is -2.73. The summed E-state index contributed by atoms with van der Waals surface area (Å²) in [6.07, 6.45) is 2.55. The number of hydrogen-bond donors (Lipinski definition) is 2. The van der Waals surface area contributed by atoms with E-state index in [1.165, 1.54) is 35.7 Å². The van der Waals surface area contributed by atoms with E-state index in [1.807, 2.05) is 0 Å². The third-order valence-corrected chi connectivity index (χ3v) is 9.35. The average molecular weight is 495 g/mol. The molecule has 0 radical (unpaired) electrons. The van der Waals surface area contributed by atoms with Crippen molar-refractivity contribution >= 4 is 27.7 Å². The highest BCUT2D eigenvalue weighted by molar-refractivity contribution is 7.89. The van der Waals surface area contributed by atoms with E-state index in [1.54, 1.807) is 12.1 Å². The van der Waals surface area contributed by atoms with Gasteiger partial charge in [-0.2, -0.15) is 4.31 Å². The molecule has 11 nitrogen and oxygen atoms in total. The zero-order valence-electron chi connectivity index (χ0n) is 19.5. The van der Waals surface area contributed by atoms with Gasteiger partial charge in [0.25, 0.3) is 0 Å². The summed E-state index contributed by atoms with van der Waals surface area (Å²) in [6.45, 7) is 1.71. The lowest BCUT2D eigenvalue weighted by Gasteiger charge is -2.39. The van der Waals surface area contributed by atoms with E-state index < -0.39 is 16.1 Å². The van der Waals surface area contributed by atoms with E-state index >= 15 is 0 Å². The van der Waals surface area contributed by atoms with Crippen LogP contribution in [0.25, 0.3) is 0 Å². The molecule has 3 aliphatic heterocycles. The standard InChI is InChI=1S/C22H31N5O6S/c1-23-21(28)19-14-27(30)26-12-9-16(13-20(19)26)15-7-10-25(11-8-15)34(31,32)18-5-3-17(4-6-18)24-22(29)33-2/h3-6,15-16,19-20H,7-14H2,1-2H3,(H-,23,24,28,29)/p+1. The Kier molecular flexibility index (Phi) is 7.08. The molecule has 0 aliphatic carbocycles. The maximum absolute atomic E-state index is 13.1. The number of sulfonamides is 1. The number of hydrogen-bond acceptors (Lipinski definition) is 6. The van der Waals surface area contributed by atoms with Gasteiger partial charge >= 0.3 is 6.09 Å². The van der Waals surface area contributed by atoms with Crippen molar-refractivity contribution in [3.05, 3.63) is 29.2 Å². The number of piperidine rings is 2. The van der Waals surface area contributed by atoms with Gasteiger partial charge in [-0.25, -0.2) is 13.2 Å². The third-order valence-electron chi connectivity index (χ3n) is 7.43. The van der Waals surface area contributed by atoms with E-state index in [0.717, 1.165) is 30.6 Å². The summed E-state index contributed by atoms with van der Waals surface area (Å²) in [7, 11) is -0.777. The van der Waals surface area contributed by atoms with Crippen LogP contribution in [-0.4, -0.2) is 81.0 Å². The molecule has 0 bridgehead atoms. The number of carbonyl (C=O) groups is 2. The summed E-state index contributed by atoms with van der Waals surface area (Å²) in [5, 5.41) is 6.97. The lowest BCUT2D eigenvalue weighted by atomic mass is 9.75. The third kappa shape index (κ3) is 4.74. The van der Waals surface area contributed by atoms with Gasteiger partial charge in [-0.05, 0) is 61.8 Å². The first-order valence-corrected chi connectivity index (χ1v) is 13.1. The molecule has 0 saturated carbocycles. The van der Waals surface area contributed by atoms with E-state index in [-0.39, 0.29) is 29.3 Å². The normalized spacial score (nSPS) is 26.1. The highest BCUT2D eigenvalue weighted by Crippen LogP contribution is 2.40. The number of methoxy groups -OCH3 is 1. The fourth-order valence-corrected chi connectivity index (χ4v) is 7.01. The van der Waals surface area contributed by atoms with E-state index in [9.17, 15) is 22.9 Å². The van der Waals surface area contributed by atoms with Crippen LogP contribution < -0.4 is 10.6 Å². The van der Waals surface area contributed by atoms with Gasteiger partial charge in [-0.15, -0.1) is 5.01 Å². The SMILES string of the molecule is CNC(=O)C1C[N+](=O)N2CCC(C3CCN(S(=O)(=O)c4ccc(NC(=O)OC)cc4)CC3)CC12. The number of nitroso groups, excluding NO2 is 1. The molecule has 4 rings (SSSR count). The van der Waals surface area contributed by atoms with Crippen LogP contribution in [0.4, 0.5) is 10.5 Å². The van der Waals surface area contributed by atoms with Crippen molar-refractivity contribution in [3.63, 3.8) is 0 Å². The van der Waals surface area contributed by atoms with E-state index in [4.69, 9.17) is 0 Å². The van der Waals surface area contributed by atoms with Gasteiger partial charge in [0.05, 0.1) is 23.5 Å². The molecule has 3 fully saturated rings. The molecular formula is C22H32N5O6S+. The van der Waals surface area contributed by atoms with Crippen LogP contribution in [0.15, 0.2) is 29.2 Å². The summed E-state index contributed by atoms with van der Waals surface area (Å²) in [5.41, 5.74) is 0.453. The number of amides is 2. The highest BCUT2D eigenvalue weighted by atomic mass is 32.2. The number of rotatable bonds is 5. The zero-order valence-corrected chi connectivity index (χ0v) is 20.3. The van der Waals surface area contributed by atoms with Crippen LogP contribution in [-0.2, 0) is 19.6 Å². The van der Waals surface area contributed by atoms with Gasteiger partial charge in [0.1, 0.15) is 16.8 Å². The van der Waals surface area contributed by atoms with Crippen molar-refractivity contribution in [2.24, 2.45) is 17.8 Å². The first kappa shape index (κ1) is 24.4. The molecule has 3 heterocycles. The van der Waals surface area contributed by atoms with Crippen molar-refractivity contribution in [1.82, 2.24) is 14.6 Å². The maximum atomic E-state index is 13.1. The number of nitrogens with zero attached hydrogens (tertiary/aromatic N) is 3. The van der Waals surface area contributed by atoms with Crippen LogP contribution in [0.1, 0.15) is 25.7 Å². The number of ether oxygens (including phenoxy) is 1. The molecule has 3 saturated heterocycles. The number of benzene rings is 1. The largest absolute Gasteiger partial charge is 0.453 e. The lowest BCUT2D eigenvalue weighted by Crippen LogP contribution is -2.48. The fourth-order valence-electron chi connectivity index (χ4n) is 5.54. The quantitative estimate of drug-likeness (QED) is 0.593. The van der Waals surface area contributed by atoms with Crippen LogP contribution in [0.2, 0.25) is 0 Å². The summed E-state index contributed by atoms with van der Waals surface area (Å²) >= 11 is 0. The Bertz CT molecular complexity index is 1040. The van der Waals surface area contributed by atoms with Crippen LogP contribution in [0, 0.1) is 22.7 Å². The van der Waals surface area contributed by atoms with Gasteiger partial charge in [0.2, 0.25) is 22.5 Å². The minimum atomic E-state index is -3.63. The summed E-state index contributed by atoms with van der Waals surface area (Å²) in [5.74, 6) is 0.310. The van der Waals surface area contributed by atoms with Crippen molar-refractivity contribution in [2.75, 3.05) is 45.7 Å². The predicted octanol–water partition coefficient (Wildman–Crippen LogP) is 1.42. The molecule has 1 aromatic carbocycles. The molecule has 3 unspecified atom stereocenters. The second-order valence-electron chi connectivity index (χ2n) is 9.15. The number of anilines is 1. The molecule has 34 heavy (non-hydrogen) atoms. The second kappa shape index (κ2) is 9.87. The van der Waals surface area contributed by atoms with Gasteiger partial charge < -0.3 is 10.1 Å². The van der Waals surface area contributed by atoms with Crippen LogP contribution >= 0.6 is 0 Å². The number of fused-ring (bicyclic) bond motifs is 1. The minimum Gasteiger partial charge on any atom is -0.453 e. The van der Waals surface area contributed by atoms with Gasteiger partial charge in [0.15, 0.2) is 0 Å². The molecule has 0 aromatic heterocycles. The molecule has 3 aliphatic rings. The van der Waals surface area contributed by atoms with Crippen molar-refractivity contribution in [3.8, 4) is 0 Å². The topological polar surface area (TPSA) is 128 Å². The Balaban J connectivity index is 1.36. The van der Waals surface area contributed by atoms with Gasteiger partial charge in [0, 0.05) is 25.8 Å². The molecule has 2 amide bonds. The molecule has 2 N–H and O–H groups in total. The first-order valence-electron chi connectivity index (χ1n) is 11.6. The number of nitrogens with one attached hydrogen (secondary N) is 2. The summed E-state index contributed by atoms with van der Waals surface area (Å²) in [6, 6.07) is 5.95. The Morgan fingerprint density at radius 3 is 2.32 bits per heavy atom. The van der Waals surface area contributed by atoms with Gasteiger partial charge in [-0.1, -0.05) is 0 Å². The number of hydrazine groups is 1. The lowest BCUT2D eigenvalue weighted by molar-refractivity contribution is -0.692. The Labute approximate surface area is 199 Å². The van der Waals surface area contributed by atoms with Crippen LogP contribution in [0.3, 0.4) is 0 Å². The average Bonchev–Trinajstić information content (AvgIpc) is 3.19. The Morgan fingerprint density at radius 2 is 1.71 bits per heavy atom. The van der Waals surface area contributed by atoms with Crippen molar-refractivity contribution < 1.29 is 27.6 Å². The summed E-state index contributed by atoms with van der Waals surface area (Å²) < 4.78 is 32.3. The number of carbonyl (C=O) groups excluding carboxylic acids is 2. The van der Waals surface area contributed by atoms with E-state index in [2.05, 4.69) is 15.4 Å². The van der Waals surface area contributed by atoms with Crippen molar-refractivity contribution in [1.29, 1.82) is 0 Å². The molecular weight excluding hydrogens is 462 g/mol. The van der Waals surface area contributed by atoms with Crippen molar-refractivity contribution in [2.45, 2.75) is 36.6 Å². The molecule has 12 heteroatoms. The smallest absolute Gasteiger partial charge is 0.411 e. The molecule has 1 aromatic rings. The maximum Gasteiger partial charge on any atom is 0.411 e. The monoisotopic (exact) mass is 494 g/mol. The fraction of sp³-hybridized carbons (Fsp3) is 0.636. The summed E-state index contributed by atoms with van der Waals surface area (Å²) in [4.78, 5) is 37.0.